The molecular weight excluding hydrogens is 401 g/mol. The van der Waals surface area contributed by atoms with Crippen molar-refractivity contribution in [1.29, 1.82) is 0 Å². The van der Waals surface area contributed by atoms with Gasteiger partial charge in [0, 0.05) is 6.04 Å². The Morgan fingerprint density at radius 3 is 2.66 bits per heavy atom. The van der Waals surface area contributed by atoms with Gasteiger partial charge >= 0.3 is 5.97 Å². The molecule has 1 aliphatic rings. The summed E-state index contributed by atoms with van der Waals surface area (Å²) in [6, 6.07) is 4.49. The summed E-state index contributed by atoms with van der Waals surface area (Å²) < 4.78 is 43.8. The van der Waals surface area contributed by atoms with Crippen LogP contribution in [0.4, 0.5) is 4.39 Å². The second-order valence-electron chi connectivity index (χ2n) is 6.96. The van der Waals surface area contributed by atoms with Crippen molar-refractivity contribution in [3.63, 3.8) is 0 Å². The summed E-state index contributed by atoms with van der Waals surface area (Å²) in [6.45, 7) is 0. The molecule has 1 aromatic carbocycles. The lowest BCUT2D eigenvalue weighted by Crippen LogP contribution is -2.37. The average molecular weight is 421 g/mol. The van der Waals surface area contributed by atoms with Gasteiger partial charge in [-0.3, -0.25) is 4.79 Å². The smallest absolute Gasteiger partial charge is 0.313 e. The number of hydrogen-bond acceptors (Lipinski definition) is 6. The van der Waals surface area contributed by atoms with Crippen LogP contribution in [-0.4, -0.2) is 48.9 Å². The molecule has 2 N–H and O–H groups in total. The highest BCUT2D eigenvalue weighted by Crippen LogP contribution is 2.38. The lowest BCUT2D eigenvalue weighted by molar-refractivity contribution is -0.146. The van der Waals surface area contributed by atoms with Crippen LogP contribution in [0.5, 0.6) is 5.75 Å². The number of aromatic nitrogens is 2. The molecule has 29 heavy (non-hydrogen) atoms. The van der Waals surface area contributed by atoms with Gasteiger partial charge in [-0.25, -0.2) is 27.5 Å². The van der Waals surface area contributed by atoms with E-state index in [0.717, 1.165) is 18.6 Å². The molecule has 154 valence electrons. The fraction of sp³-hybridized carbons (Fsp3) is 0.316. The Hall–Kier alpha value is -2.85. The normalized spacial score (nSPS) is 21.3. The minimum atomic E-state index is -3.47. The van der Waals surface area contributed by atoms with Crippen LogP contribution in [0.1, 0.15) is 12.0 Å². The molecule has 0 spiro atoms. The van der Waals surface area contributed by atoms with E-state index in [4.69, 9.17) is 4.74 Å². The zero-order valence-electron chi connectivity index (χ0n) is 15.8. The highest BCUT2D eigenvalue weighted by molar-refractivity contribution is 7.88. The third-order valence-electron chi connectivity index (χ3n) is 4.67. The van der Waals surface area contributed by atoms with Gasteiger partial charge in [-0.2, -0.15) is 0 Å². The lowest BCUT2D eigenvalue weighted by atomic mass is 9.80. The van der Waals surface area contributed by atoms with E-state index >= 15 is 0 Å². The number of benzene rings is 1. The number of nitrogens with zero attached hydrogens (tertiary/aromatic N) is 2. The number of aliphatic carboxylic acids is 1. The predicted octanol–water partition coefficient (Wildman–Crippen LogP) is 1.78. The second kappa shape index (κ2) is 7.88. The Labute approximate surface area is 167 Å². The van der Waals surface area contributed by atoms with E-state index in [2.05, 4.69) is 14.7 Å². The molecule has 0 saturated heterocycles. The molecule has 1 heterocycles. The van der Waals surface area contributed by atoms with Gasteiger partial charge in [-0.1, -0.05) is 18.2 Å². The van der Waals surface area contributed by atoms with Crippen molar-refractivity contribution < 1.29 is 27.4 Å². The van der Waals surface area contributed by atoms with Gasteiger partial charge in [0.15, 0.2) is 11.6 Å². The van der Waals surface area contributed by atoms with Crippen LogP contribution in [0, 0.1) is 11.2 Å². The maximum atomic E-state index is 13.2. The SMILES string of the molecule is COc1ccc(C[C@]2(C(=O)O)C=C[C@H](NS(C)(=O)=O)C2)cc1-c1ncc(F)cn1. The van der Waals surface area contributed by atoms with E-state index in [1.165, 1.54) is 13.2 Å². The molecule has 3 rings (SSSR count). The van der Waals surface area contributed by atoms with E-state index in [1.54, 1.807) is 24.3 Å². The third-order valence-corrected chi connectivity index (χ3v) is 5.40. The number of rotatable bonds is 7. The van der Waals surface area contributed by atoms with Crippen LogP contribution < -0.4 is 9.46 Å². The first-order valence-corrected chi connectivity index (χ1v) is 10.6. The maximum Gasteiger partial charge on any atom is 0.313 e. The Balaban J connectivity index is 1.92. The molecule has 0 fully saturated rings. The number of carbonyl (C=O) groups is 1. The first-order valence-electron chi connectivity index (χ1n) is 8.67. The fourth-order valence-corrected chi connectivity index (χ4v) is 4.12. The third kappa shape index (κ3) is 4.77. The van der Waals surface area contributed by atoms with Crippen LogP contribution >= 0.6 is 0 Å². The van der Waals surface area contributed by atoms with Crippen molar-refractivity contribution in [3.05, 3.63) is 54.1 Å². The number of methoxy groups -OCH3 is 1. The average Bonchev–Trinajstić information content (AvgIpc) is 3.04. The van der Waals surface area contributed by atoms with E-state index in [9.17, 15) is 22.7 Å². The highest BCUT2D eigenvalue weighted by atomic mass is 32.2. The highest BCUT2D eigenvalue weighted by Gasteiger charge is 2.42. The molecule has 0 bridgehead atoms. The summed E-state index contributed by atoms with van der Waals surface area (Å²) in [5, 5.41) is 9.84. The molecule has 1 aromatic heterocycles. The van der Waals surface area contributed by atoms with Crippen molar-refractivity contribution in [3.8, 4) is 17.1 Å². The molecule has 2 atom stereocenters. The van der Waals surface area contributed by atoms with Gasteiger partial charge < -0.3 is 9.84 Å². The van der Waals surface area contributed by atoms with Gasteiger partial charge in [0.25, 0.3) is 0 Å². The number of carboxylic acids is 1. The molecule has 0 amide bonds. The molecule has 1 aliphatic carbocycles. The minimum Gasteiger partial charge on any atom is -0.496 e. The Bertz CT molecular complexity index is 1060. The molecule has 0 aliphatic heterocycles. The van der Waals surface area contributed by atoms with Gasteiger partial charge in [0.05, 0.1) is 36.7 Å². The van der Waals surface area contributed by atoms with Crippen LogP contribution in [0.25, 0.3) is 11.4 Å². The van der Waals surface area contributed by atoms with Gasteiger partial charge in [-0.05, 0) is 30.5 Å². The zero-order valence-corrected chi connectivity index (χ0v) is 16.6. The monoisotopic (exact) mass is 421 g/mol. The lowest BCUT2D eigenvalue weighted by Gasteiger charge is -2.24. The number of halogens is 1. The Kier molecular flexibility index (Phi) is 5.67. The van der Waals surface area contributed by atoms with Crippen LogP contribution in [0.3, 0.4) is 0 Å². The van der Waals surface area contributed by atoms with Gasteiger partial charge in [-0.15, -0.1) is 0 Å². The summed E-state index contributed by atoms with van der Waals surface area (Å²) in [5.41, 5.74) is -0.100. The molecule has 0 radical (unpaired) electrons. The Morgan fingerprint density at radius 2 is 2.07 bits per heavy atom. The topological polar surface area (TPSA) is 118 Å². The van der Waals surface area contributed by atoms with E-state index in [-0.39, 0.29) is 18.7 Å². The van der Waals surface area contributed by atoms with E-state index in [1.807, 2.05) is 0 Å². The Morgan fingerprint density at radius 1 is 1.38 bits per heavy atom. The second-order valence-corrected chi connectivity index (χ2v) is 8.74. The number of carboxylic acid groups (broad SMARTS) is 1. The summed E-state index contributed by atoms with van der Waals surface area (Å²) >= 11 is 0. The first kappa shape index (κ1) is 20.9. The fourth-order valence-electron chi connectivity index (χ4n) is 3.41. The number of hydrogen-bond donors (Lipinski definition) is 2. The zero-order chi connectivity index (χ0) is 21.2. The van der Waals surface area contributed by atoms with Crippen LogP contribution in [0.15, 0.2) is 42.7 Å². The molecule has 10 heteroatoms. The van der Waals surface area contributed by atoms with Crippen molar-refractivity contribution in [2.75, 3.05) is 13.4 Å². The standard InChI is InChI=1S/C19H20FN3O5S/c1-28-16-4-3-12(7-15(16)17-21-10-13(20)11-22-17)8-19(18(24)25)6-5-14(9-19)23-29(2,26)27/h3-7,10-11,14,23H,8-9H2,1-2H3,(H,24,25)/t14-,19+/m0/s1. The molecule has 0 saturated carbocycles. The summed E-state index contributed by atoms with van der Waals surface area (Å²) in [7, 11) is -2.00. The first-order chi connectivity index (χ1) is 13.6. The predicted molar refractivity (Wildman–Crippen MR) is 103 cm³/mol. The molecule has 8 nitrogen and oxygen atoms in total. The molecule has 2 aromatic rings. The molecular formula is C19H20FN3O5S. The van der Waals surface area contributed by atoms with Crippen molar-refractivity contribution in [1.82, 2.24) is 14.7 Å². The number of sulfonamides is 1. The number of ether oxygens (including phenoxy) is 1. The summed E-state index contributed by atoms with van der Waals surface area (Å²) in [5.74, 6) is -0.924. The quantitative estimate of drug-likeness (QED) is 0.654. The summed E-state index contributed by atoms with van der Waals surface area (Å²) in [6.07, 6.45) is 6.39. The maximum absolute atomic E-state index is 13.2. The van der Waals surface area contributed by atoms with Gasteiger partial charge in [0.1, 0.15) is 5.75 Å². The summed E-state index contributed by atoms with van der Waals surface area (Å²) in [4.78, 5) is 20.0. The van der Waals surface area contributed by atoms with Crippen LogP contribution in [0.2, 0.25) is 0 Å². The van der Waals surface area contributed by atoms with Gasteiger partial charge in [0.2, 0.25) is 10.0 Å². The van der Waals surface area contributed by atoms with E-state index < -0.39 is 33.3 Å². The largest absolute Gasteiger partial charge is 0.496 e. The van der Waals surface area contributed by atoms with Crippen molar-refractivity contribution in [2.45, 2.75) is 18.9 Å². The van der Waals surface area contributed by atoms with E-state index in [0.29, 0.717) is 16.9 Å². The minimum absolute atomic E-state index is 0.0871. The van der Waals surface area contributed by atoms with Crippen molar-refractivity contribution in [2.24, 2.45) is 5.41 Å². The van der Waals surface area contributed by atoms with Crippen molar-refractivity contribution >= 4 is 16.0 Å². The molecule has 0 unspecified atom stereocenters. The number of nitrogens with one attached hydrogen (secondary N) is 1. The van der Waals surface area contributed by atoms with Crippen LogP contribution in [-0.2, 0) is 21.2 Å².